The lowest BCUT2D eigenvalue weighted by Gasteiger charge is -2.07. The first-order valence-electron chi connectivity index (χ1n) is 5.25. The molecule has 4 nitrogen and oxygen atoms in total. The molecule has 2 atom stereocenters. The van der Waals surface area contributed by atoms with Crippen LogP contribution in [0, 0.1) is 17.2 Å². The number of pyridine rings is 1. The fraction of sp³-hybridized carbons (Fsp3) is 0.455. The Bertz CT molecular complexity index is 435. The summed E-state index contributed by atoms with van der Waals surface area (Å²) in [6, 6.07) is 5.26. The largest absolute Gasteiger partial charge is 0.316 e. The van der Waals surface area contributed by atoms with E-state index in [1.807, 2.05) is 6.07 Å². The smallest absolute Gasteiger partial charge is 0.128 e. The van der Waals surface area contributed by atoms with Crippen LogP contribution in [0.5, 0.6) is 0 Å². The van der Waals surface area contributed by atoms with Gasteiger partial charge in [-0.05, 0) is 37.6 Å². The molecule has 1 fully saturated rings. The van der Waals surface area contributed by atoms with Crippen molar-refractivity contribution in [3.05, 3.63) is 23.9 Å². The molecule has 2 rings (SSSR count). The van der Waals surface area contributed by atoms with Gasteiger partial charge in [-0.3, -0.25) is 4.21 Å². The summed E-state index contributed by atoms with van der Waals surface area (Å²) in [6.07, 6.45) is 2.61. The van der Waals surface area contributed by atoms with Crippen LogP contribution in [0.15, 0.2) is 23.4 Å². The molecule has 1 N–H and O–H groups in total. The van der Waals surface area contributed by atoms with Gasteiger partial charge in [-0.2, -0.15) is 5.26 Å². The Balaban J connectivity index is 2.05. The van der Waals surface area contributed by atoms with Crippen LogP contribution in [0.2, 0.25) is 0 Å². The van der Waals surface area contributed by atoms with Crippen molar-refractivity contribution in [3.63, 3.8) is 0 Å². The van der Waals surface area contributed by atoms with E-state index < -0.39 is 10.8 Å². The highest BCUT2D eigenvalue weighted by molar-refractivity contribution is 7.84. The average Bonchev–Trinajstić information content (AvgIpc) is 2.82. The van der Waals surface area contributed by atoms with Crippen molar-refractivity contribution in [2.24, 2.45) is 5.92 Å². The monoisotopic (exact) mass is 235 g/mol. The first-order chi connectivity index (χ1) is 7.79. The van der Waals surface area contributed by atoms with Crippen LogP contribution in [-0.4, -0.2) is 28.0 Å². The number of hydrogen-bond donors (Lipinski definition) is 1. The van der Waals surface area contributed by atoms with Crippen molar-refractivity contribution in [2.75, 3.05) is 18.8 Å². The minimum absolute atomic E-state index is 0.466. The van der Waals surface area contributed by atoms with Crippen molar-refractivity contribution < 1.29 is 4.21 Å². The Morgan fingerprint density at radius 3 is 3.25 bits per heavy atom. The molecule has 0 bridgehead atoms. The molecular formula is C11H13N3OS. The van der Waals surface area contributed by atoms with E-state index in [0.29, 0.717) is 22.3 Å². The van der Waals surface area contributed by atoms with Gasteiger partial charge in [0.1, 0.15) is 5.03 Å². The maximum absolute atomic E-state index is 12.0. The number of aromatic nitrogens is 1. The van der Waals surface area contributed by atoms with E-state index in [4.69, 9.17) is 5.26 Å². The zero-order valence-corrected chi connectivity index (χ0v) is 9.67. The summed E-state index contributed by atoms with van der Waals surface area (Å²) in [5, 5.41) is 12.5. The predicted octanol–water partition coefficient (Wildman–Crippen LogP) is 0.670. The lowest BCUT2D eigenvalue weighted by Crippen LogP contribution is -2.15. The highest BCUT2D eigenvalue weighted by Gasteiger charge is 2.18. The van der Waals surface area contributed by atoms with Gasteiger partial charge in [0.25, 0.3) is 0 Å². The van der Waals surface area contributed by atoms with Gasteiger partial charge in [0.05, 0.1) is 22.4 Å². The normalized spacial score (nSPS) is 21.6. The Kier molecular flexibility index (Phi) is 3.65. The van der Waals surface area contributed by atoms with Crippen molar-refractivity contribution in [1.82, 2.24) is 10.3 Å². The second-order valence-electron chi connectivity index (χ2n) is 3.87. The van der Waals surface area contributed by atoms with E-state index >= 15 is 0 Å². The first-order valence-corrected chi connectivity index (χ1v) is 6.57. The van der Waals surface area contributed by atoms with Gasteiger partial charge in [-0.25, -0.2) is 4.98 Å². The molecule has 0 spiro atoms. The van der Waals surface area contributed by atoms with E-state index in [9.17, 15) is 4.21 Å². The minimum atomic E-state index is -1.09. The van der Waals surface area contributed by atoms with Crippen molar-refractivity contribution >= 4 is 10.8 Å². The van der Waals surface area contributed by atoms with E-state index in [-0.39, 0.29) is 0 Å². The van der Waals surface area contributed by atoms with Crippen LogP contribution >= 0.6 is 0 Å². The van der Waals surface area contributed by atoms with E-state index in [0.717, 1.165) is 19.5 Å². The molecule has 2 heterocycles. The van der Waals surface area contributed by atoms with Gasteiger partial charge >= 0.3 is 0 Å². The summed E-state index contributed by atoms with van der Waals surface area (Å²) in [7, 11) is -1.09. The molecule has 0 unspecified atom stereocenters. The minimum Gasteiger partial charge on any atom is -0.316 e. The third-order valence-electron chi connectivity index (χ3n) is 2.65. The number of nitriles is 1. The van der Waals surface area contributed by atoms with Crippen LogP contribution in [0.25, 0.3) is 0 Å². The van der Waals surface area contributed by atoms with Crippen molar-refractivity contribution in [1.29, 1.82) is 5.26 Å². The molecule has 5 heteroatoms. The summed E-state index contributed by atoms with van der Waals surface area (Å²) in [5.41, 5.74) is 0.517. The Hall–Kier alpha value is -1.25. The maximum atomic E-state index is 12.0. The quantitative estimate of drug-likeness (QED) is 0.836. The standard InChI is InChI=1S/C11H13N3OS/c12-6-9-2-4-14-11(5-9)16(15)8-10-1-3-13-7-10/h2,4-5,10,13H,1,3,7-8H2/t10-,16+/m1/s1. The van der Waals surface area contributed by atoms with Gasteiger partial charge in [-0.1, -0.05) is 0 Å². The number of nitrogens with zero attached hydrogens (tertiary/aromatic N) is 2. The Labute approximate surface area is 97.2 Å². The molecule has 1 aliphatic heterocycles. The highest BCUT2D eigenvalue weighted by Crippen LogP contribution is 2.13. The molecule has 1 aliphatic rings. The third kappa shape index (κ3) is 2.65. The fourth-order valence-corrected chi connectivity index (χ4v) is 3.08. The average molecular weight is 235 g/mol. The van der Waals surface area contributed by atoms with Gasteiger partial charge in [0, 0.05) is 11.9 Å². The molecule has 0 aromatic carbocycles. The lowest BCUT2D eigenvalue weighted by atomic mass is 10.2. The predicted molar refractivity (Wildman–Crippen MR) is 61.2 cm³/mol. The first kappa shape index (κ1) is 11.2. The maximum Gasteiger partial charge on any atom is 0.128 e. The highest BCUT2D eigenvalue weighted by atomic mass is 32.2. The lowest BCUT2D eigenvalue weighted by molar-refractivity contribution is 0.631. The Morgan fingerprint density at radius 1 is 1.69 bits per heavy atom. The summed E-state index contributed by atoms with van der Waals surface area (Å²) in [4.78, 5) is 4.06. The van der Waals surface area contributed by atoms with Crippen LogP contribution < -0.4 is 5.32 Å². The summed E-state index contributed by atoms with van der Waals surface area (Å²) >= 11 is 0. The summed E-state index contributed by atoms with van der Waals surface area (Å²) in [5.74, 6) is 1.10. The van der Waals surface area contributed by atoms with Crippen molar-refractivity contribution in [2.45, 2.75) is 11.4 Å². The zero-order chi connectivity index (χ0) is 11.4. The van der Waals surface area contributed by atoms with Gasteiger partial charge in [0.15, 0.2) is 0 Å². The van der Waals surface area contributed by atoms with Gasteiger partial charge < -0.3 is 5.32 Å². The van der Waals surface area contributed by atoms with Crippen LogP contribution in [0.3, 0.4) is 0 Å². The second kappa shape index (κ2) is 5.19. The van der Waals surface area contributed by atoms with E-state index in [1.165, 1.54) is 0 Å². The van der Waals surface area contributed by atoms with E-state index in [1.54, 1.807) is 18.3 Å². The van der Waals surface area contributed by atoms with Gasteiger partial charge in [0.2, 0.25) is 0 Å². The molecule has 0 radical (unpaired) electrons. The molecule has 84 valence electrons. The van der Waals surface area contributed by atoms with Crippen LogP contribution in [0.1, 0.15) is 12.0 Å². The molecule has 1 aromatic rings. The summed E-state index contributed by atoms with van der Waals surface area (Å²) < 4.78 is 12.0. The molecule has 0 aliphatic carbocycles. The van der Waals surface area contributed by atoms with Crippen LogP contribution in [-0.2, 0) is 10.8 Å². The third-order valence-corrected chi connectivity index (χ3v) is 4.11. The topological polar surface area (TPSA) is 65.8 Å². The molecule has 0 amide bonds. The van der Waals surface area contributed by atoms with E-state index in [2.05, 4.69) is 10.3 Å². The fourth-order valence-electron chi connectivity index (χ4n) is 1.76. The zero-order valence-electron chi connectivity index (χ0n) is 8.85. The Morgan fingerprint density at radius 2 is 2.56 bits per heavy atom. The molecule has 1 saturated heterocycles. The molecule has 0 saturated carbocycles. The van der Waals surface area contributed by atoms with Crippen molar-refractivity contribution in [3.8, 4) is 6.07 Å². The van der Waals surface area contributed by atoms with Crippen LogP contribution in [0.4, 0.5) is 0 Å². The number of rotatable bonds is 3. The second-order valence-corrected chi connectivity index (χ2v) is 5.31. The SMILES string of the molecule is N#Cc1ccnc([S@@](=O)C[C@@H]2CCNC2)c1. The molecule has 16 heavy (non-hydrogen) atoms. The number of nitrogens with one attached hydrogen (secondary N) is 1. The molecular weight excluding hydrogens is 222 g/mol. The van der Waals surface area contributed by atoms with Gasteiger partial charge in [-0.15, -0.1) is 0 Å². The summed E-state index contributed by atoms with van der Waals surface area (Å²) in [6.45, 7) is 1.94. The number of hydrogen-bond acceptors (Lipinski definition) is 4. The molecule has 1 aromatic heterocycles.